The zero-order valence-electron chi connectivity index (χ0n) is 19.2. The average Bonchev–Trinajstić information content (AvgIpc) is 3.47. The molecule has 1 aromatic carbocycles. The third kappa shape index (κ3) is 4.30. The van der Waals surface area contributed by atoms with E-state index in [1.54, 1.807) is 0 Å². The molecule has 174 valence electrons. The highest BCUT2D eigenvalue weighted by Gasteiger charge is 2.40. The fraction of sp³-hybridized carbons (Fsp3) is 0.667. The van der Waals surface area contributed by atoms with Crippen LogP contribution in [0.3, 0.4) is 0 Å². The van der Waals surface area contributed by atoms with Gasteiger partial charge >= 0.3 is 6.09 Å². The van der Waals surface area contributed by atoms with Crippen LogP contribution in [-0.2, 0) is 9.47 Å². The number of nitrogens with one attached hydrogen (secondary N) is 1. The fourth-order valence-corrected chi connectivity index (χ4v) is 5.30. The van der Waals surface area contributed by atoms with Crippen LogP contribution in [-0.4, -0.2) is 58.5 Å². The zero-order chi connectivity index (χ0) is 22.5. The van der Waals surface area contributed by atoms with E-state index in [2.05, 4.69) is 27.2 Å². The van der Waals surface area contributed by atoms with Crippen molar-refractivity contribution in [1.29, 1.82) is 0 Å². The number of carbonyl (C=O) groups is 1. The van der Waals surface area contributed by atoms with Gasteiger partial charge in [0.05, 0.1) is 41.7 Å². The molecule has 1 saturated carbocycles. The average molecular weight is 443 g/mol. The normalized spacial score (nSPS) is 27.8. The molecule has 32 heavy (non-hydrogen) atoms. The van der Waals surface area contributed by atoms with Gasteiger partial charge in [-0.15, -0.1) is 0 Å². The van der Waals surface area contributed by atoms with Gasteiger partial charge in [0.1, 0.15) is 5.60 Å². The molecule has 0 radical (unpaired) electrons. The highest BCUT2D eigenvalue weighted by atomic mass is 16.6. The number of amides is 1. The number of carbonyl (C=O) groups excluding carboxylic acids is 1. The van der Waals surface area contributed by atoms with Crippen molar-refractivity contribution in [2.45, 2.75) is 76.7 Å². The first-order chi connectivity index (χ1) is 15.3. The van der Waals surface area contributed by atoms with Crippen molar-refractivity contribution in [3.05, 3.63) is 18.3 Å². The van der Waals surface area contributed by atoms with Crippen LogP contribution in [0.5, 0.6) is 0 Å². The first-order valence-corrected chi connectivity index (χ1v) is 11.8. The Morgan fingerprint density at radius 3 is 2.66 bits per heavy atom. The van der Waals surface area contributed by atoms with Crippen LogP contribution in [0.4, 0.5) is 16.2 Å². The minimum absolute atomic E-state index is 0.254. The van der Waals surface area contributed by atoms with Crippen LogP contribution in [0.15, 0.2) is 18.3 Å². The summed E-state index contributed by atoms with van der Waals surface area (Å²) in [5.41, 5.74) is 2.10. The number of anilines is 2. The maximum absolute atomic E-state index is 12.6. The Balaban J connectivity index is 1.45. The van der Waals surface area contributed by atoms with Gasteiger partial charge < -0.3 is 19.5 Å². The minimum atomic E-state index is -0.562. The number of fused-ring (bicyclic) bond motifs is 3. The molecular weight excluding hydrogens is 408 g/mol. The van der Waals surface area contributed by atoms with Gasteiger partial charge in [-0.3, -0.25) is 10.00 Å². The second kappa shape index (κ2) is 8.23. The van der Waals surface area contributed by atoms with Gasteiger partial charge in [-0.1, -0.05) is 0 Å². The third-order valence-electron chi connectivity index (χ3n) is 6.93. The molecule has 2 atom stereocenters. The Bertz CT molecular complexity index is 990. The minimum Gasteiger partial charge on any atom is -0.444 e. The number of benzene rings is 1. The molecule has 2 saturated heterocycles. The third-order valence-corrected chi connectivity index (χ3v) is 6.93. The van der Waals surface area contributed by atoms with E-state index in [0.29, 0.717) is 18.0 Å². The van der Waals surface area contributed by atoms with Crippen molar-refractivity contribution < 1.29 is 19.4 Å². The van der Waals surface area contributed by atoms with Crippen molar-refractivity contribution in [2.24, 2.45) is 5.92 Å². The molecule has 8 heteroatoms. The number of morpholine rings is 1. The summed E-state index contributed by atoms with van der Waals surface area (Å²) in [6.07, 6.45) is 7.04. The summed E-state index contributed by atoms with van der Waals surface area (Å²) in [6, 6.07) is 4.79. The Morgan fingerprint density at radius 1 is 1.25 bits per heavy atom. The molecular formula is C24H34N4O4. The van der Waals surface area contributed by atoms with Crippen molar-refractivity contribution in [3.63, 3.8) is 0 Å². The molecule has 2 aliphatic heterocycles. The predicted octanol–water partition coefficient (Wildman–Crippen LogP) is 4.08. The fourth-order valence-electron chi connectivity index (χ4n) is 5.30. The lowest BCUT2D eigenvalue weighted by atomic mass is 9.87. The Hall–Kier alpha value is -2.32. The Morgan fingerprint density at radius 2 is 2.03 bits per heavy atom. The summed E-state index contributed by atoms with van der Waals surface area (Å²) < 4.78 is 13.4. The first-order valence-electron chi connectivity index (χ1n) is 11.8. The Labute approximate surface area is 188 Å². The van der Waals surface area contributed by atoms with Crippen molar-refractivity contribution in [3.8, 4) is 0 Å². The van der Waals surface area contributed by atoms with Crippen LogP contribution >= 0.6 is 0 Å². The first kappa shape index (κ1) is 21.5. The maximum atomic E-state index is 12.6. The van der Waals surface area contributed by atoms with Crippen LogP contribution in [0.2, 0.25) is 0 Å². The van der Waals surface area contributed by atoms with E-state index in [4.69, 9.17) is 14.6 Å². The smallest absolute Gasteiger partial charge is 0.412 e. The highest BCUT2D eigenvalue weighted by molar-refractivity contribution is 5.97. The molecule has 3 heterocycles. The van der Waals surface area contributed by atoms with E-state index in [9.17, 15) is 9.90 Å². The van der Waals surface area contributed by atoms with E-state index in [1.165, 1.54) is 0 Å². The SMILES string of the molecule is CC(C)(C)OC(=O)Nc1cc2cn([C@H]3CC[C@H](CO)CC3)nc2cc1N1C[C@H]2C[C@@H]1CO2. The van der Waals surface area contributed by atoms with Crippen molar-refractivity contribution in [2.75, 3.05) is 30.0 Å². The van der Waals surface area contributed by atoms with Crippen molar-refractivity contribution in [1.82, 2.24) is 9.78 Å². The largest absolute Gasteiger partial charge is 0.444 e. The van der Waals surface area contributed by atoms with Gasteiger partial charge in [0.2, 0.25) is 0 Å². The number of aliphatic hydroxyl groups is 1. The standard InChI is InChI=1S/C24H34N4O4/c1-24(2,3)32-23(30)25-21-8-16-11-28(17-6-4-15(13-29)5-7-17)26-20(16)10-22(21)27-12-19-9-18(27)14-31-19/h8,10-11,15,17-19,29H,4-7,9,12-14H2,1-3H3,(H,25,30)/t15-,17-,18-,19-/m1/s1. The highest BCUT2D eigenvalue weighted by Crippen LogP contribution is 2.40. The van der Waals surface area contributed by atoms with Gasteiger partial charge in [-0.05, 0) is 70.9 Å². The zero-order valence-corrected chi connectivity index (χ0v) is 19.2. The number of hydrogen-bond acceptors (Lipinski definition) is 6. The van der Waals surface area contributed by atoms with Gasteiger partial charge in [-0.25, -0.2) is 4.79 Å². The van der Waals surface area contributed by atoms with Gasteiger partial charge in [-0.2, -0.15) is 5.10 Å². The number of aromatic nitrogens is 2. The molecule has 2 bridgehead atoms. The van der Waals surface area contributed by atoms with Gasteiger partial charge in [0, 0.05) is 24.7 Å². The van der Waals surface area contributed by atoms with E-state index in [1.807, 2.05) is 26.8 Å². The summed E-state index contributed by atoms with van der Waals surface area (Å²) in [6.45, 7) is 7.41. The second-order valence-electron chi connectivity index (χ2n) is 10.5. The van der Waals surface area contributed by atoms with Crippen LogP contribution in [0.25, 0.3) is 10.9 Å². The number of nitrogens with zero attached hydrogens (tertiary/aromatic N) is 3. The molecule has 2 N–H and O–H groups in total. The van der Waals surface area contributed by atoms with Crippen LogP contribution < -0.4 is 10.2 Å². The summed E-state index contributed by atoms with van der Waals surface area (Å²) in [4.78, 5) is 14.9. The topological polar surface area (TPSA) is 88.8 Å². The van der Waals surface area contributed by atoms with E-state index >= 15 is 0 Å². The lowest BCUT2D eigenvalue weighted by molar-refractivity contribution is 0.0636. The predicted molar refractivity (Wildman–Crippen MR) is 123 cm³/mol. The molecule has 5 rings (SSSR count). The summed E-state index contributed by atoms with van der Waals surface area (Å²) in [7, 11) is 0. The van der Waals surface area contributed by atoms with Crippen molar-refractivity contribution >= 4 is 28.4 Å². The summed E-state index contributed by atoms with van der Waals surface area (Å²) in [5, 5.41) is 18.3. The number of aliphatic hydroxyl groups excluding tert-OH is 1. The molecule has 8 nitrogen and oxygen atoms in total. The van der Waals surface area contributed by atoms with Crippen LogP contribution in [0, 0.1) is 5.92 Å². The molecule has 1 amide bonds. The number of hydrogen-bond donors (Lipinski definition) is 2. The van der Waals surface area contributed by atoms with E-state index in [-0.39, 0.29) is 12.7 Å². The lowest BCUT2D eigenvalue weighted by Crippen LogP contribution is -2.37. The number of ether oxygens (including phenoxy) is 2. The molecule has 1 aliphatic carbocycles. The monoisotopic (exact) mass is 442 g/mol. The van der Waals surface area contributed by atoms with Gasteiger partial charge in [0.25, 0.3) is 0 Å². The van der Waals surface area contributed by atoms with E-state index < -0.39 is 11.7 Å². The molecule has 3 fully saturated rings. The summed E-state index contributed by atoms with van der Waals surface area (Å²) >= 11 is 0. The van der Waals surface area contributed by atoms with Gasteiger partial charge in [0.15, 0.2) is 0 Å². The van der Waals surface area contributed by atoms with Crippen LogP contribution in [0.1, 0.15) is 58.9 Å². The number of rotatable bonds is 4. The molecule has 0 spiro atoms. The Kier molecular flexibility index (Phi) is 5.53. The molecule has 0 unspecified atom stereocenters. The molecule has 1 aromatic heterocycles. The summed E-state index contributed by atoms with van der Waals surface area (Å²) in [5.74, 6) is 0.417. The molecule has 2 aromatic rings. The second-order valence-corrected chi connectivity index (χ2v) is 10.5. The quantitative estimate of drug-likeness (QED) is 0.742. The van der Waals surface area contributed by atoms with E-state index in [0.717, 1.165) is 67.5 Å². The maximum Gasteiger partial charge on any atom is 0.412 e. The molecule has 3 aliphatic rings. The lowest BCUT2D eigenvalue weighted by Gasteiger charge is -2.31.